The van der Waals surface area contributed by atoms with Crippen LogP contribution in [0.5, 0.6) is 0 Å². The highest BCUT2D eigenvalue weighted by atomic mass is 16.6. The zero-order chi connectivity index (χ0) is 44.3. The minimum absolute atomic E-state index is 0.116. The van der Waals surface area contributed by atoms with Crippen LogP contribution in [0.2, 0.25) is 0 Å². The van der Waals surface area contributed by atoms with E-state index >= 15 is 0 Å². The number of ether oxygens (including phenoxy) is 6. The molecule has 12 atom stereocenters. The second-order valence-electron chi connectivity index (χ2n) is 15.0. The zero-order valence-corrected chi connectivity index (χ0v) is 33.7. The molecule has 0 saturated heterocycles. The lowest BCUT2D eigenvalue weighted by Crippen LogP contribution is -2.51. The fourth-order valence-electron chi connectivity index (χ4n) is 4.91. The first-order valence-corrected chi connectivity index (χ1v) is 19.1. The third-order valence-electron chi connectivity index (χ3n) is 7.77. The Labute approximate surface area is 338 Å². The molecule has 0 rings (SSSR count). The molecule has 0 aromatic carbocycles. The van der Waals surface area contributed by atoms with Crippen LogP contribution in [0.4, 0.5) is 4.79 Å². The molecule has 23 heteroatoms. The van der Waals surface area contributed by atoms with Crippen LogP contribution in [0, 0.1) is 0 Å². The Hall–Kier alpha value is -1.53. The molecule has 12 unspecified atom stereocenters. The van der Waals surface area contributed by atoms with E-state index in [1.807, 2.05) is 0 Å². The minimum Gasteiger partial charge on any atom is -0.444 e. The number of carbonyl (C=O) groups excluding carboxylic acids is 1. The van der Waals surface area contributed by atoms with E-state index in [4.69, 9.17) is 38.6 Å². The first kappa shape index (κ1) is 56.5. The van der Waals surface area contributed by atoms with Gasteiger partial charge in [-0.15, -0.1) is 0 Å². The first-order chi connectivity index (χ1) is 27.2. The summed E-state index contributed by atoms with van der Waals surface area (Å²) in [7, 11) is 0. The van der Waals surface area contributed by atoms with Gasteiger partial charge in [0.25, 0.3) is 0 Å². The molecule has 0 radical (unpaired) electrons. The van der Waals surface area contributed by atoms with Crippen molar-refractivity contribution in [2.24, 2.45) is 0 Å². The van der Waals surface area contributed by atoms with Crippen molar-refractivity contribution in [1.29, 1.82) is 0 Å². The summed E-state index contributed by atoms with van der Waals surface area (Å²) in [6, 6.07) is 0. The maximum absolute atomic E-state index is 11.6. The van der Waals surface area contributed by atoms with E-state index in [1.54, 1.807) is 20.8 Å². The van der Waals surface area contributed by atoms with Crippen molar-refractivity contribution in [2.75, 3.05) is 105 Å². The van der Waals surface area contributed by atoms with E-state index in [2.05, 4.69) is 5.32 Å². The van der Waals surface area contributed by atoms with Crippen LogP contribution < -0.4 is 5.32 Å². The Balaban J connectivity index is 4.36. The summed E-state index contributed by atoms with van der Waals surface area (Å²) in [5.41, 5.74) is -0.683. The summed E-state index contributed by atoms with van der Waals surface area (Å²) in [4.78, 5) is 12.8. The number of nitrogens with zero attached hydrogens (tertiary/aromatic N) is 1. The van der Waals surface area contributed by atoms with Gasteiger partial charge in [0.05, 0.1) is 103 Å². The SMILES string of the molecule is CC(C)(C)OC(=O)NCC(O)COCC(O)COCC(O)COCC(O)COCC(O)COCC(O)CN(CC(O)C(O)C(O)CCO)CC(O)C(O)C(O)CCO. The van der Waals surface area contributed by atoms with E-state index in [0.29, 0.717) is 0 Å². The molecule has 348 valence electrons. The lowest BCUT2D eigenvalue weighted by Gasteiger charge is -2.33. The third kappa shape index (κ3) is 29.7. The van der Waals surface area contributed by atoms with Crippen LogP contribution in [-0.4, -0.2) is 267 Å². The maximum Gasteiger partial charge on any atom is 0.407 e. The summed E-state index contributed by atoms with van der Waals surface area (Å²) in [6.07, 6.45) is -17.5. The largest absolute Gasteiger partial charge is 0.444 e. The number of amides is 1. The molecule has 0 aliphatic heterocycles. The molecule has 23 nitrogen and oxygen atoms in total. The molecule has 15 N–H and O–H groups in total. The Kier molecular flexibility index (Phi) is 31.4. The Morgan fingerprint density at radius 2 is 0.793 bits per heavy atom. The average Bonchev–Trinajstić information content (AvgIpc) is 3.12. The van der Waals surface area contributed by atoms with Gasteiger partial charge in [-0.2, -0.15) is 0 Å². The van der Waals surface area contributed by atoms with Gasteiger partial charge in [-0.3, -0.25) is 4.90 Å². The first-order valence-electron chi connectivity index (χ1n) is 19.1. The van der Waals surface area contributed by atoms with Gasteiger partial charge in [0.1, 0.15) is 42.2 Å². The van der Waals surface area contributed by atoms with E-state index in [9.17, 15) is 66.1 Å². The smallest absolute Gasteiger partial charge is 0.407 e. The number of alkyl carbamates (subject to hydrolysis) is 1. The average molecular weight is 857 g/mol. The second-order valence-corrected chi connectivity index (χ2v) is 15.0. The van der Waals surface area contributed by atoms with Gasteiger partial charge in [-0.1, -0.05) is 0 Å². The standard InChI is InChI=1S/C35H72N2O21/c1-35(2,3)58-34(52)36-8-22(40)12-53-14-24(42)16-55-18-26(44)20-57-21-27(45)19-56-17-25(43)15-54-13-23(41)9-37(10-30(48)32(50)28(46)4-6-38)11-31(49)33(51)29(47)5-7-39/h22-33,38-51H,4-21H2,1-3H3,(H,36,52). The van der Waals surface area contributed by atoms with E-state index < -0.39 is 111 Å². The highest BCUT2D eigenvalue weighted by molar-refractivity contribution is 5.67. The molecule has 0 spiro atoms. The summed E-state index contributed by atoms with van der Waals surface area (Å²) < 4.78 is 31.3. The van der Waals surface area contributed by atoms with Crippen LogP contribution in [0.3, 0.4) is 0 Å². The van der Waals surface area contributed by atoms with Crippen molar-refractivity contribution in [3.63, 3.8) is 0 Å². The third-order valence-corrected chi connectivity index (χ3v) is 7.77. The number of hydrogen-bond acceptors (Lipinski definition) is 22. The quantitative estimate of drug-likeness (QED) is 0.0278. The number of aliphatic hydroxyl groups is 14. The number of aliphatic hydroxyl groups excluding tert-OH is 14. The van der Waals surface area contributed by atoms with E-state index in [-0.39, 0.29) is 92.0 Å². The van der Waals surface area contributed by atoms with Crippen molar-refractivity contribution < 1.29 is 105 Å². The van der Waals surface area contributed by atoms with Gasteiger partial charge in [-0.05, 0) is 33.6 Å². The van der Waals surface area contributed by atoms with Crippen LogP contribution in [-0.2, 0) is 28.4 Å². The molecular formula is C35H72N2O21. The molecule has 0 aliphatic rings. The second kappa shape index (κ2) is 32.2. The van der Waals surface area contributed by atoms with Crippen LogP contribution in [0.1, 0.15) is 33.6 Å². The van der Waals surface area contributed by atoms with Gasteiger partial charge in [0, 0.05) is 39.4 Å². The van der Waals surface area contributed by atoms with E-state index in [0.717, 1.165) is 0 Å². The van der Waals surface area contributed by atoms with Gasteiger partial charge in [0.2, 0.25) is 0 Å². The van der Waals surface area contributed by atoms with Gasteiger partial charge in [0.15, 0.2) is 0 Å². The predicted octanol–water partition coefficient (Wildman–Crippen LogP) is -7.01. The number of rotatable bonds is 36. The molecule has 0 fully saturated rings. The fraction of sp³-hybridized carbons (Fsp3) is 0.971. The molecule has 0 aromatic rings. The monoisotopic (exact) mass is 856 g/mol. The van der Waals surface area contributed by atoms with Gasteiger partial charge < -0.3 is 105 Å². The number of nitrogens with one attached hydrogen (secondary N) is 1. The van der Waals surface area contributed by atoms with Crippen LogP contribution in [0.25, 0.3) is 0 Å². The minimum atomic E-state index is -1.70. The van der Waals surface area contributed by atoms with Gasteiger partial charge >= 0.3 is 6.09 Å². The Morgan fingerprint density at radius 3 is 1.10 bits per heavy atom. The number of carbonyl (C=O) groups is 1. The van der Waals surface area contributed by atoms with E-state index in [1.165, 1.54) is 4.90 Å². The molecule has 0 bridgehead atoms. The summed E-state index contributed by atoms with van der Waals surface area (Å²) in [5, 5.41) is 142. The molecule has 0 heterocycles. The van der Waals surface area contributed by atoms with Crippen molar-refractivity contribution in [3.05, 3.63) is 0 Å². The van der Waals surface area contributed by atoms with Gasteiger partial charge in [-0.25, -0.2) is 4.79 Å². The van der Waals surface area contributed by atoms with Crippen molar-refractivity contribution in [1.82, 2.24) is 10.2 Å². The lowest BCUT2D eigenvalue weighted by atomic mass is 10.0. The summed E-state index contributed by atoms with van der Waals surface area (Å²) >= 11 is 0. The highest BCUT2D eigenvalue weighted by Crippen LogP contribution is 2.11. The highest BCUT2D eigenvalue weighted by Gasteiger charge is 2.31. The van der Waals surface area contributed by atoms with Crippen LogP contribution >= 0.6 is 0 Å². The predicted molar refractivity (Wildman–Crippen MR) is 200 cm³/mol. The molecule has 0 aromatic heterocycles. The maximum atomic E-state index is 11.6. The molecule has 1 amide bonds. The Morgan fingerprint density at radius 1 is 0.483 bits per heavy atom. The van der Waals surface area contributed by atoms with Crippen molar-refractivity contribution in [2.45, 2.75) is 112 Å². The molecule has 0 aliphatic carbocycles. The molecule has 58 heavy (non-hydrogen) atoms. The van der Waals surface area contributed by atoms with Crippen LogP contribution in [0.15, 0.2) is 0 Å². The molecule has 0 saturated carbocycles. The topological polar surface area (TPSA) is 371 Å². The number of hydrogen-bond donors (Lipinski definition) is 15. The van der Waals surface area contributed by atoms with Crippen molar-refractivity contribution in [3.8, 4) is 0 Å². The molecular weight excluding hydrogens is 784 g/mol. The fourth-order valence-corrected chi connectivity index (χ4v) is 4.91. The Bertz CT molecular complexity index is 976. The van der Waals surface area contributed by atoms with Crippen molar-refractivity contribution >= 4 is 6.09 Å². The summed E-state index contributed by atoms with van der Waals surface area (Å²) in [6.45, 7) is 0.528. The normalized spacial score (nSPS) is 18.7. The lowest BCUT2D eigenvalue weighted by molar-refractivity contribution is -0.0996. The zero-order valence-electron chi connectivity index (χ0n) is 33.7. The summed E-state index contributed by atoms with van der Waals surface area (Å²) in [5.74, 6) is 0.